The Balaban J connectivity index is 1.88. The standard InChI is InChI=1S/C20H17N3O/c21-12-16-17-7-3-4-10-23(17)19(18(16)22)20(24)15-9-8-13-5-1-2-6-14(13)11-15/h3-4,7-11H,1-2,5-6,22H2. The van der Waals surface area contributed by atoms with E-state index < -0.39 is 0 Å². The Labute approximate surface area is 140 Å². The van der Waals surface area contributed by atoms with Gasteiger partial charge >= 0.3 is 0 Å². The molecule has 2 aromatic heterocycles. The number of nitrogen functional groups attached to an aromatic ring is 1. The molecule has 2 N–H and O–H groups in total. The average Bonchev–Trinajstić information content (AvgIpc) is 2.91. The van der Waals surface area contributed by atoms with Crippen LogP contribution in [-0.4, -0.2) is 10.2 Å². The third-order valence-electron chi connectivity index (χ3n) is 4.82. The smallest absolute Gasteiger partial charge is 0.211 e. The normalized spacial score (nSPS) is 13.5. The lowest BCUT2D eigenvalue weighted by Crippen LogP contribution is -2.10. The van der Waals surface area contributed by atoms with Gasteiger partial charge in [0.05, 0.1) is 11.2 Å². The fraction of sp³-hybridized carbons (Fsp3) is 0.200. The van der Waals surface area contributed by atoms with Crippen molar-refractivity contribution in [2.75, 3.05) is 5.73 Å². The number of fused-ring (bicyclic) bond motifs is 2. The molecule has 0 fully saturated rings. The maximum Gasteiger partial charge on any atom is 0.211 e. The van der Waals surface area contributed by atoms with Crippen molar-refractivity contribution in [2.45, 2.75) is 25.7 Å². The summed E-state index contributed by atoms with van der Waals surface area (Å²) in [6, 6.07) is 13.5. The van der Waals surface area contributed by atoms with E-state index in [2.05, 4.69) is 12.1 Å². The molecule has 1 aromatic carbocycles. The van der Waals surface area contributed by atoms with Gasteiger partial charge in [-0.05, 0) is 55.0 Å². The molecule has 0 bridgehead atoms. The molecule has 0 radical (unpaired) electrons. The molecule has 0 saturated heterocycles. The fourth-order valence-corrected chi connectivity index (χ4v) is 3.59. The van der Waals surface area contributed by atoms with Crippen molar-refractivity contribution < 1.29 is 4.79 Å². The van der Waals surface area contributed by atoms with Crippen molar-refractivity contribution in [3.63, 3.8) is 0 Å². The van der Waals surface area contributed by atoms with Crippen LogP contribution in [-0.2, 0) is 12.8 Å². The number of nitrogens with zero attached hydrogens (tertiary/aromatic N) is 2. The van der Waals surface area contributed by atoms with Gasteiger partial charge in [-0.3, -0.25) is 4.79 Å². The summed E-state index contributed by atoms with van der Waals surface area (Å²) in [4.78, 5) is 13.1. The van der Waals surface area contributed by atoms with Crippen LogP contribution in [0.5, 0.6) is 0 Å². The molecular formula is C20H17N3O. The van der Waals surface area contributed by atoms with E-state index in [0.29, 0.717) is 22.3 Å². The number of pyridine rings is 1. The number of aromatic nitrogens is 1. The van der Waals surface area contributed by atoms with Gasteiger partial charge in [0.25, 0.3) is 0 Å². The van der Waals surface area contributed by atoms with Crippen LogP contribution < -0.4 is 5.73 Å². The minimum absolute atomic E-state index is 0.136. The molecule has 4 nitrogen and oxygen atoms in total. The van der Waals surface area contributed by atoms with E-state index in [-0.39, 0.29) is 11.5 Å². The van der Waals surface area contributed by atoms with Crippen molar-refractivity contribution in [1.29, 1.82) is 5.26 Å². The van der Waals surface area contributed by atoms with Crippen LogP contribution in [0.2, 0.25) is 0 Å². The predicted octanol–water partition coefficient (Wildman–Crippen LogP) is 3.50. The molecule has 3 aromatic rings. The minimum Gasteiger partial charge on any atom is -0.396 e. The summed E-state index contributed by atoms with van der Waals surface area (Å²) in [5.41, 5.74) is 11.0. The third kappa shape index (κ3) is 2.10. The number of benzene rings is 1. The van der Waals surface area contributed by atoms with E-state index in [0.717, 1.165) is 12.8 Å². The number of aryl methyl sites for hydroxylation is 2. The van der Waals surface area contributed by atoms with E-state index in [1.54, 1.807) is 16.7 Å². The van der Waals surface area contributed by atoms with Gasteiger partial charge in [0, 0.05) is 11.8 Å². The number of carbonyl (C=O) groups excluding carboxylic acids is 1. The van der Waals surface area contributed by atoms with Crippen LogP contribution in [0.4, 0.5) is 5.69 Å². The molecule has 4 heteroatoms. The number of ketones is 1. The Hall–Kier alpha value is -3.06. The van der Waals surface area contributed by atoms with Gasteiger partial charge in [-0.1, -0.05) is 18.2 Å². The first kappa shape index (κ1) is 14.5. The molecule has 118 valence electrons. The Morgan fingerprint density at radius 3 is 2.71 bits per heavy atom. The van der Waals surface area contributed by atoms with Gasteiger partial charge in [-0.25, -0.2) is 0 Å². The van der Waals surface area contributed by atoms with Crippen LogP contribution in [0.3, 0.4) is 0 Å². The molecule has 1 aliphatic carbocycles. The average molecular weight is 315 g/mol. The maximum atomic E-state index is 13.1. The zero-order chi connectivity index (χ0) is 16.7. The first-order valence-corrected chi connectivity index (χ1v) is 8.16. The number of carbonyl (C=O) groups is 1. The van der Waals surface area contributed by atoms with Gasteiger partial charge < -0.3 is 10.1 Å². The lowest BCUT2D eigenvalue weighted by Gasteiger charge is -2.16. The summed E-state index contributed by atoms with van der Waals surface area (Å²) in [7, 11) is 0. The molecule has 0 spiro atoms. The van der Waals surface area contributed by atoms with Crippen molar-refractivity contribution in [3.8, 4) is 6.07 Å². The van der Waals surface area contributed by atoms with Crippen LogP contribution in [0.1, 0.15) is 45.6 Å². The van der Waals surface area contributed by atoms with E-state index in [1.807, 2.05) is 24.3 Å². The van der Waals surface area contributed by atoms with Crippen molar-refractivity contribution in [1.82, 2.24) is 4.40 Å². The first-order valence-electron chi connectivity index (χ1n) is 8.16. The molecule has 1 aliphatic rings. The number of anilines is 1. The van der Waals surface area contributed by atoms with Crippen molar-refractivity contribution in [3.05, 3.63) is 70.5 Å². The third-order valence-corrected chi connectivity index (χ3v) is 4.82. The summed E-state index contributed by atoms with van der Waals surface area (Å²) in [5.74, 6) is -0.136. The highest BCUT2D eigenvalue weighted by Gasteiger charge is 2.23. The molecular weight excluding hydrogens is 298 g/mol. The second kappa shape index (κ2) is 5.54. The fourth-order valence-electron chi connectivity index (χ4n) is 3.59. The second-order valence-corrected chi connectivity index (χ2v) is 6.22. The number of nitriles is 1. The second-order valence-electron chi connectivity index (χ2n) is 6.22. The maximum absolute atomic E-state index is 13.1. The van der Waals surface area contributed by atoms with Crippen LogP contribution in [0, 0.1) is 11.3 Å². The Morgan fingerprint density at radius 1 is 1.12 bits per heavy atom. The number of hydrogen-bond acceptors (Lipinski definition) is 3. The molecule has 0 aliphatic heterocycles. The summed E-state index contributed by atoms with van der Waals surface area (Å²) in [5, 5.41) is 9.39. The first-order chi connectivity index (χ1) is 11.7. The molecule has 0 atom stereocenters. The van der Waals surface area contributed by atoms with Gasteiger partial charge in [0.1, 0.15) is 17.3 Å². The lowest BCUT2D eigenvalue weighted by molar-refractivity contribution is 0.103. The Kier molecular flexibility index (Phi) is 3.35. The SMILES string of the molecule is N#Cc1c(N)c(C(=O)c2ccc3c(c2)CCCC3)n2ccccc12. The molecule has 0 unspecified atom stereocenters. The highest BCUT2D eigenvalue weighted by atomic mass is 16.1. The van der Waals surface area contributed by atoms with E-state index in [1.165, 1.54) is 24.0 Å². The van der Waals surface area contributed by atoms with E-state index in [9.17, 15) is 10.1 Å². The van der Waals surface area contributed by atoms with Gasteiger partial charge in [-0.15, -0.1) is 0 Å². The van der Waals surface area contributed by atoms with Crippen molar-refractivity contribution in [2.24, 2.45) is 0 Å². The van der Waals surface area contributed by atoms with Crippen LogP contribution >= 0.6 is 0 Å². The zero-order valence-electron chi connectivity index (χ0n) is 13.2. The molecule has 24 heavy (non-hydrogen) atoms. The van der Waals surface area contributed by atoms with Crippen LogP contribution in [0.25, 0.3) is 5.52 Å². The monoisotopic (exact) mass is 315 g/mol. The highest BCUT2D eigenvalue weighted by Crippen LogP contribution is 2.29. The summed E-state index contributed by atoms with van der Waals surface area (Å²) in [6.45, 7) is 0. The Morgan fingerprint density at radius 2 is 1.92 bits per heavy atom. The van der Waals surface area contributed by atoms with Crippen molar-refractivity contribution >= 4 is 17.0 Å². The molecule has 0 amide bonds. The van der Waals surface area contributed by atoms with Gasteiger partial charge in [0.2, 0.25) is 5.78 Å². The van der Waals surface area contributed by atoms with Crippen LogP contribution in [0.15, 0.2) is 42.6 Å². The Bertz CT molecular complexity index is 1010. The van der Waals surface area contributed by atoms with Gasteiger partial charge in [0.15, 0.2) is 0 Å². The molecule has 2 heterocycles. The van der Waals surface area contributed by atoms with E-state index in [4.69, 9.17) is 5.73 Å². The van der Waals surface area contributed by atoms with Gasteiger partial charge in [-0.2, -0.15) is 5.26 Å². The molecule has 4 rings (SSSR count). The summed E-state index contributed by atoms with van der Waals surface area (Å²) in [6.07, 6.45) is 6.25. The minimum atomic E-state index is -0.136. The lowest BCUT2D eigenvalue weighted by atomic mass is 9.89. The topological polar surface area (TPSA) is 71.3 Å². The largest absolute Gasteiger partial charge is 0.396 e. The summed E-state index contributed by atoms with van der Waals surface area (Å²) < 4.78 is 1.72. The number of nitrogens with two attached hydrogens (primary N) is 1. The predicted molar refractivity (Wildman–Crippen MR) is 93.0 cm³/mol. The van der Waals surface area contributed by atoms with E-state index >= 15 is 0 Å². The number of hydrogen-bond donors (Lipinski definition) is 1. The summed E-state index contributed by atoms with van der Waals surface area (Å²) >= 11 is 0. The quantitative estimate of drug-likeness (QED) is 0.736. The molecule has 0 saturated carbocycles. The number of rotatable bonds is 2. The zero-order valence-corrected chi connectivity index (χ0v) is 13.2. The highest BCUT2D eigenvalue weighted by molar-refractivity contribution is 6.13.